The van der Waals surface area contributed by atoms with E-state index in [0.29, 0.717) is 17.9 Å². The maximum absolute atomic E-state index is 11.2. The Labute approximate surface area is 140 Å². The number of Topliss-reactive ketones (excluding diaryl/α,β-unsaturated/α-hetero) is 1. The number of aryl methyl sites for hydroxylation is 1. The number of carbonyl (C=O) groups excluding carboxylic acids is 1. The van der Waals surface area contributed by atoms with Crippen LogP contribution in [0.2, 0.25) is 0 Å². The molecule has 0 aliphatic heterocycles. The molecule has 1 aromatic heterocycles. The molecule has 0 saturated carbocycles. The molecule has 5 nitrogen and oxygen atoms in total. The molecule has 0 saturated heterocycles. The number of para-hydroxylation sites is 2. The minimum Gasteiger partial charge on any atom is -0.491 e. The van der Waals surface area contributed by atoms with Gasteiger partial charge in [-0.2, -0.15) is 0 Å². The number of aliphatic hydroxyl groups is 1. The molecule has 1 N–H and O–H groups in total. The molecule has 3 rings (SSSR count). The third-order valence-corrected chi connectivity index (χ3v) is 3.99. The first-order valence-electron chi connectivity index (χ1n) is 7.90. The lowest BCUT2D eigenvalue weighted by Crippen LogP contribution is -2.27. The summed E-state index contributed by atoms with van der Waals surface area (Å²) >= 11 is 0. The van der Waals surface area contributed by atoms with Gasteiger partial charge >= 0.3 is 0 Å². The summed E-state index contributed by atoms with van der Waals surface area (Å²) < 4.78 is 9.66. The van der Waals surface area contributed by atoms with Gasteiger partial charge in [-0.1, -0.05) is 12.1 Å². The van der Waals surface area contributed by atoms with Crippen LogP contribution in [0.4, 0.5) is 0 Å². The number of ether oxygens (including phenoxy) is 1. The van der Waals surface area contributed by atoms with Gasteiger partial charge in [-0.3, -0.25) is 4.79 Å². The molecule has 2 aromatic carbocycles. The number of aliphatic hydroxyl groups excluding tert-OH is 1. The van der Waals surface area contributed by atoms with Gasteiger partial charge in [0, 0.05) is 5.56 Å². The standard InChI is InChI=1S/C19H21N2O3/c1-14(22)15-7-9-17(10-8-15)24-12-16(23)11-21-13-20(2)18-5-3-4-6-19(18)21/h3-10,13,16,23H,11-12H2,1-2H3/q+1. The van der Waals surface area contributed by atoms with Gasteiger partial charge < -0.3 is 9.84 Å². The second kappa shape index (κ2) is 6.84. The summed E-state index contributed by atoms with van der Waals surface area (Å²) in [5, 5.41) is 10.3. The highest BCUT2D eigenvalue weighted by atomic mass is 16.5. The molecule has 5 heteroatoms. The fourth-order valence-electron chi connectivity index (χ4n) is 2.74. The molecule has 1 unspecified atom stereocenters. The third-order valence-electron chi connectivity index (χ3n) is 3.99. The molecule has 0 aliphatic rings. The third kappa shape index (κ3) is 3.46. The van der Waals surface area contributed by atoms with Crippen LogP contribution in [0.15, 0.2) is 54.9 Å². The van der Waals surface area contributed by atoms with E-state index in [1.54, 1.807) is 24.3 Å². The van der Waals surface area contributed by atoms with Crippen molar-refractivity contribution in [2.45, 2.75) is 19.6 Å². The molecular weight excluding hydrogens is 304 g/mol. The summed E-state index contributed by atoms with van der Waals surface area (Å²) in [6.45, 7) is 2.17. The Balaban J connectivity index is 1.63. The smallest absolute Gasteiger partial charge is 0.244 e. The molecule has 0 amide bonds. The zero-order valence-corrected chi connectivity index (χ0v) is 13.8. The van der Waals surface area contributed by atoms with Gasteiger partial charge in [0.05, 0.1) is 7.05 Å². The summed E-state index contributed by atoms with van der Waals surface area (Å²) in [5.74, 6) is 0.663. The SMILES string of the molecule is CC(=O)c1ccc(OCC(O)Cn2c[n+](C)c3ccccc32)cc1. The molecule has 1 atom stereocenters. The van der Waals surface area contributed by atoms with E-state index in [1.807, 2.05) is 46.8 Å². The number of imidazole rings is 1. The van der Waals surface area contributed by atoms with Crippen molar-refractivity contribution in [3.8, 4) is 5.75 Å². The van der Waals surface area contributed by atoms with E-state index in [1.165, 1.54) is 6.92 Å². The van der Waals surface area contributed by atoms with E-state index in [0.717, 1.165) is 11.0 Å². The number of carbonyl (C=O) groups is 1. The quantitative estimate of drug-likeness (QED) is 0.558. The summed E-state index contributed by atoms with van der Waals surface area (Å²) in [6, 6.07) is 15.0. The predicted octanol–water partition coefficient (Wildman–Crippen LogP) is 2.11. The van der Waals surface area contributed by atoms with E-state index >= 15 is 0 Å². The molecule has 0 radical (unpaired) electrons. The van der Waals surface area contributed by atoms with Crippen molar-refractivity contribution in [1.82, 2.24) is 4.57 Å². The maximum atomic E-state index is 11.2. The number of aromatic nitrogens is 2. The van der Waals surface area contributed by atoms with Crippen molar-refractivity contribution in [2.75, 3.05) is 6.61 Å². The van der Waals surface area contributed by atoms with E-state index in [9.17, 15) is 9.90 Å². The van der Waals surface area contributed by atoms with Gasteiger partial charge in [-0.05, 0) is 43.3 Å². The number of hydrogen-bond donors (Lipinski definition) is 1. The van der Waals surface area contributed by atoms with Gasteiger partial charge in [0.1, 0.15) is 25.0 Å². The minimum atomic E-state index is -0.631. The van der Waals surface area contributed by atoms with E-state index in [4.69, 9.17) is 4.74 Å². The Bertz CT molecular complexity index is 853. The molecular formula is C19H21N2O3+. The van der Waals surface area contributed by atoms with Crippen LogP contribution in [-0.4, -0.2) is 28.2 Å². The van der Waals surface area contributed by atoms with Crippen LogP contribution in [0, 0.1) is 0 Å². The van der Waals surface area contributed by atoms with Crippen LogP contribution in [0.5, 0.6) is 5.75 Å². The van der Waals surface area contributed by atoms with Crippen molar-refractivity contribution in [2.24, 2.45) is 7.05 Å². The normalized spacial score (nSPS) is 12.3. The first-order chi connectivity index (χ1) is 11.5. The van der Waals surface area contributed by atoms with E-state index in [2.05, 4.69) is 0 Å². The number of rotatable bonds is 6. The Hall–Kier alpha value is -2.66. The topological polar surface area (TPSA) is 55.3 Å². The van der Waals surface area contributed by atoms with E-state index in [-0.39, 0.29) is 12.4 Å². The molecule has 124 valence electrons. The minimum absolute atomic E-state index is 0.0222. The zero-order valence-electron chi connectivity index (χ0n) is 13.8. The van der Waals surface area contributed by atoms with Gasteiger partial charge in [0.25, 0.3) is 0 Å². The van der Waals surface area contributed by atoms with Gasteiger partial charge in [-0.15, -0.1) is 0 Å². The molecule has 0 fully saturated rings. The van der Waals surface area contributed by atoms with Crippen molar-refractivity contribution >= 4 is 16.8 Å². The zero-order chi connectivity index (χ0) is 17.1. The van der Waals surface area contributed by atoms with Crippen molar-refractivity contribution in [3.63, 3.8) is 0 Å². The number of hydrogen-bond acceptors (Lipinski definition) is 3. The average Bonchev–Trinajstić information content (AvgIpc) is 2.90. The Morgan fingerprint density at radius 3 is 2.62 bits per heavy atom. The number of ketones is 1. The number of nitrogens with zero attached hydrogens (tertiary/aromatic N) is 2. The molecule has 1 heterocycles. The van der Waals surface area contributed by atoms with Gasteiger partial charge in [0.2, 0.25) is 6.33 Å². The highest BCUT2D eigenvalue weighted by molar-refractivity contribution is 5.94. The summed E-state index contributed by atoms with van der Waals surface area (Å²) in [4.78, 5) is 11.2. The van der Waals surface area contributed by atoms with Crippen LogP contribution in [0.25, 0.3) is 11.0 Å². The maximum Gasteiger partial charge on any atom is 0.244 e. The second-order valence-electron chi connectivity index (χ2n) is 5.91. The fraction of sp³-hybridized carbons (Fsp3) is 0.263. The lowest BCUT2D eigenvalue weighted by atomic mass is 10.1. The van der Waals surface area contributed by atoms with Crippen LogP contribution in [-0.2, 0) is 13.6 Å². The van der Waals surface area contributed by atoms with Crippen molar-refractivity contribution < 1.29 is 19.2 Å². The highest BCUT2D eigenvalue weighted by Gasteiger charge is 2.16. The second-order valence-corrected chi connectivity index (χ2v) is 5.91. The lowest BCUT2D eigenvalue weighted by molar-refractivity contribution is -0.645. The Morgan fingerprint density at radius 1 is 1.21 bits per heavy atom. The highest BCUT2D eigenvalue weighted by Crippen LogP contribution is 2.14. The van der Waals surface area contributed by atoms with Crippen LogP contribution >= 0.6 is 0 Å². The summed E-state index contributed by atoms with van der Waals surface area (Å²) in [7, 11) is 1.98. The molecule has 24 heavy (non-hydrogen) atoms. The van der Waals surface area contributed by atoms with Crippen molar-refractivity contribution in [1.29, 1.82) is 0 Å². The van der Waals surface area contributed by atoms with Gasteiger partial charge in [0.15, 0.2) is 16.8 Å². The molecule has 0 aliphatic carbocycles. The van der Waals surface area contributed by atoms with Crippen LogP contribution < -0.4 is 9.30 Å². The first-order valence-corrected chi connectivity index (χ1v) is 7.90. The number of fused-ring (bicyclic) bond motifs is 1. The van der Waals surface area contributed by atoms with Crippen LogP contribution in [0.1, 0.15) is 17.3 Å². The molecule has 0 spiro atoms. The largest absolute Gasteiger partial charge is 0.491 e. The van der Waals surface area contributed by atoms with Crippen LogP contribution in [0.3, 0.4) is 0 Å². The van der Waals surface area contributed by atoms with Crippen molar-refractivity contribution in [3.05, 3.63) is 60.4 Å². The molecule has 0 bridgehead atoms. The monoisotopic (exact) mass is 325 g/mol. The first kappa shape index (κ1) is 16.2. The van der Waals surface area contributed by atoms with E-state index < -0.39 is 6.10 Å². The fourth-order valence-corrected chi connectivity index (χ4v) is 2.74. The Morgan fingerprint density at radius 2 is 1.92 bits per heavy atom. The lowest BCUT2D eigenvalue weighted by Gasteiger charge is -2.11. The summed E-state index contributed by atoms with van der Waals surface area (Å²) in [5.41, 5.74) is 2.84. The molecule has 3 aromatic rings. The number of benzene rings is 2. The predicted molar refractivity (Wildman–Crippen MR) is 91.1 cm³/mol. The Kier molecular flexibility index (Phi) is 4.62. The van der Waals surface area contributed by atoms with Gasteiger partial charge in [-0.25, -0.2) is 9.13 Å². The average molecular weight is 325 g/mol. The summed E-state index contributed by atoms with van der Waals surface area (Å²) in [6.07, 6.45) is 1.34.